The fraction of sp³-hybridized carbons (Fsp3) is 0.647. The fourth-order valence-corrected chi connectivity index (χ4v) is 4.02. The highest BCUT2D eigenvalue weighted by Crippen LogP contribution is 2.22. The van der Waals surface area contributed by atoms with Gasteiger partial charge in [-0.25, -0.2) is 9.36 Å². The number of carbonyl (C=O) groups excluding carboxylic acids is 1. The van der Waals surface area contributed by atoms with Gasteiger partial charge in [0.05, 0.1) is 0 Å². The van der Waals surface area contributed by atoms with Gasteiger partial charge in [-0.05, 0) is 46.0 Å². The number of hydrogen-bond donors (Lipinski definition) is 0. The topological polar surface area (TPSA) is 88.1 Å². The van der Waals surface area contributed by atoms with Crippen molar-refractivity contribution in [2.45, 2.75) is 71.1 Å². The number of amides is 1. The van der Waals surface area contributed by atoms with Gasteiger partial charge in [0.2, 0.25) is 5.91 Å². The molecule has 0 N–H and O–H groups in total. The lowest BCUT2D eigenvalue weighted by Gasteiger charge is -2.39. The van der Waals surface area contributed by atoms with Gasteiger partial charge in [-0.3, -0.25) is 14.2 Å². The van der Waals surface area contributed by atoms with E-state index in [0.29, 0.717) is 18.7 Å². The van der Waals surface area contributed by atoms with Gasteiger partial charge in [0.15, 0.2) is 0 Å². The Kier molecular flexibility index (Phi) is 4.31. The molecule has 24 heavy (non-hydrogen) atoms. The highest BCUT2D eigenvalue weighted by atomic mass is 16.2. The normalized spacial score (nSPS) is 23.0. The van der Waals surface area contributed by atoms with Crippen LogP contribution in [0.15, 0.2) is 9.59 Å². The summed E-state index contributed by atoms with van der Waals surface area (Å²) in [4.78, 5) is 39.6. The van der Waals surface area contributed by atoms with Crippen LogP contribution in [0.1, 0.15) is 50.8 Å². The van der Waals surface area contributed by atoms with E-state index >= 15 is 0 Å². The number of nitrogens with zero attached hydrogens (tertiary/aromatic N) is 4. The second-order valence-corrected chi connectivity index (χ2v) is 6.79. The smallest absolute Gasteiger partial charge is 0.331 e. The molecule has 2 aliphatic rings. The molecule has 128 valence electrons. The molecule has 0 aromatic carbocycles. The van der Waals surface area contributed by atoms with E-state index < -0.39 is 11.2 Å². The van der Waals surface area contributed by atoms with Crippen molar-refractivity contribution in [2.75, 3.05) is 0 Å². The molecule has 1 saturated heterocycles. The van der Waals surface area contributed by atoms with E-state index in [4.69, 9.17) is 0 Å². The maximum Gasteiger partial charge on any atom is 0.331 e. The highest BCUT2D eigenvalue weighted by molar-refractivity contribution is 5.76. The highest BCUT2D eigenvalue weighted by Gasteiger charge is 2.30. The number of carbonyl (C=O) groups is 1. The van der Waals surface area contributed by atoms with Crippen LogP contribution in [0.25, 0.3) is 0 Å². The molecule has 1 amide bonds. The Bertz CT molecular complexity index is 820. The Balaban J connectivity index is 1.99. The minimum atomic E-state index is -0.638. The van der Waals surface area contributed by atoms with Crippen LogP contribution >= 0.6 is 0 Å². The van der Waals surface area contributed by atoms with Crippen molar-refractivity contribution >= 4 is 5.91 Å². The molecule has 3 heterocycles. The van der Waals surface area contributed by atoms with Crippen LogP contribution in [0.5, 0.6) is 0 Å². The number of rotatable bonds is 2. The molecule has 7 nitrogen and oxygen atoms in total. The molecule has 3 rings (SSSR count). The molecule has 0 bridgehead atoms. The minimum absolute atomic E-state index is 0.000332. The van der Waals surface area contributed by atoms with Crippen LogP contribution in [0.2, 0.25) is 0 Å². The van der Waals surface area contributed by atoms with Crippen molar-refractivity contribution in [2.24, 2.45) is 0 Å². The van der Waals surface area contributed by atoms with Gasteiger partial charge < -0.3 is 4.90 Å². The second kappa shape index (κ2) is 6.27. The first-order valence-corrected chi connectivity index (χ1v) is 8.53. The zero-order valence-electron chi connectivity index (χ0n) is 14.1. The van der Waals surface area contributed by atoms with Gasteiger partial charge in [0, 0.05) is 24.3 Å². The maximum atomic E-state index is 12.7. The third-order valence-corrected chi connectivity index (χ3v) is 5.22. The van der Waals surface area contributed by atoms with Crippen LogP contribution in [0.3, 0.4) is 0 Å². The Morgan fingerprint density at radius 2 is 1.88 bits per heavy atom. The first-order valence-electron chi connectivity index (χ1n) is 8.53. The molecular weight excluding hydrogens is 308 g/mol. The summed E-state index contributed by atoms with van der Waals surface area (Å²) in [5.74, 6) is -0.226. The number of nitriles is 1. The number of likely N-dealkylation sites (tertiary alicyclic amines) is 1. The number of hydrogen-bond acceptors (Lipinski definition) is 4. The van der Waals surface area contributed by atoms with E-state index in [1.54, 1.807) is 4.90 Å². The van der Waals surface area contributed by atoms with Crippen molar-refractivity contribution < 1.29 is 4.79 Å². The summed E-state index contributed by atoms with van der Waals surface area (Å²) in [5, 5.41) is 9.29. The Morgan fingerprint density at radius 1 is 1.21 bits per heavy atom. The number of piperidine rings is 1. The number of fused-ring (bicyclic) bond motifs is 1. The van der Waals surface area contributed by atoms with Crippen molar-refractivity contribution in [3.05, 3.63) is 32.1 Å². The Morgan fingerprint density at radius 3 is 2.50 bits per heavy atom. The summed E-state index contributed by atoms with van der Waals surface area (Å²) in [7, 11) is 0. The second-order valence-electron chi connectivity index (χ2n) is 6.79. The molecular formula is C17H22N4O3. The lowest BCUT2D eigenvalue weighted by molar-refractivity contribution is -0.138. The summed E-state index contributed by atoms with van der Waals surface area (Å²) in [6, 6.07) is 2.12. The monoisotopic (exact) mass is 330 g/mol. The zero-order chi connectivity index (χ0) is 17.4. The van der Waals surface area contributed by atoms with Crippen molar-refractivity contribution in [3.63, 3.8) is 0 Å². The summed E-state index contributed by atoms with van der Waals surface area (Å²) < 4.78 is 2.40. The van der Waals surface area contributed by atoms with Gasteiger partial charge in [0.1, 0.15) is 18.2 Å². The van der Waals surface area contributed by atoms with E-state index in [9.17, 15) is 19.6 Å². The van der Waals surface area contributed by atoms with Crippen LogP contribution in [0, 0.1) is 11.3 Å². The predicted octanol–water partition coefficient (Wildman–Crippen LogP) is 0.617. The van der Waals surface area contributed by atoms with Gasteiger partial charge in [0.25, 0.3) is 5.56 Å². The SMILES string of the molecule is C[C@@H]1CCC[C@@H](C)N1C(=O)Cn1c(=O)c(C#N)c2n(c1=O)CCC2. The lowest BCUT2D eigenvalue weighted by atomic mass is 9.97. The van der Waals surface area contributed by atoms with Gasteiger partial charge in [-0.2, -0.15) is 5.26 Å². The molecule has 0 radical (unpaired) electrons. The largest absolute Gasteiger partial charge is 0.336 e. The molecule has 0 unspecified atom stereocenters. The number of aromatic nitrogens is 2. The van der Waals surface area contributed by atoms with Crippen LogP contribution in [-0.4, -0.2) is 32.0 Å². The molecule has 2 atom stereocenters. The predicted molar refractivity (Wildman–Crippen MR) is 87.6 cm³/mol. The summed E-state index contributed by atoms with van der Waals surface area (Å²) in [6.45, 7) is 4.19. The van der Waals surface area contributed by atoms with Crippen LogP contribution in [-0.2, 0) is 24.3 Å². The van der Waals surface area contributed by atoms with Crippen molar-refractivity contribution in [3.8, 4) is 6.07 Å². The first kappa shape index (κ1) is 16.5. The molecule has 2 aliphatic heterocycles. The third kappa shape index (κ3) is 2.56. The minimum Gasteiger partial charge on any atom is -0.336 e. The maximum absolute atomic E-state index is 12.7. The zero-order valence-corrected chi connectivity index (χ0v) is 14.1. The average molecular weight is 330 g/mol. The van der Waals surface area contributed by atoms with Crippen molar-refractivity contribution in [1.82, 2.24) is 14.0 Å². The standard InChI is InChI=1S/C17H22N4O3/c1-11-5-3-6-12(2)21(11)15(22)10-20-16(23)13(9-18)14-7-4-8-19(14)17(20)24/h11-12H,3-8,10H2,1-2H3/t11-,12-/m1/s1. The lowest BCUT2D eigenvalue weighted by Crippen LogP contribution is -2.51. The molecule has 0 saturated carbocycles. The van der Waals surface area contributed by atoms with E-state index in [0.717, 1.165) is 30.3 Å². The molecule has 1 fully saturated rings. The van der Waals surface area contributed by atoms with Crippen LogP contribution in [0.4, 0.5) is 0 Å². The molecule has 1 aromatic heterocycles. The van der Waals surface area contributed by atoms with E-state index in [2.05, 4.69) is 0 Å². The molecule has 0 spiro atoms. The molecule has 7 heteroatoms. The van der Waals surface area contributed by atoms with Gasteiger partial charge in [-0.15, -0.1) is 0 Å². The quantitative estimate of drug-likeness (QED) is 0.795. The van der Waals surface area contributed by atoms with Gasteiger partial charge >= 0.3 is 5.69 Å². The van der Waals surface area contributed by atoms with E-state index in [1.807, 2.05) is 19.9 Å². The molecule has 0 aliphatic carbocycles. The molecule has 1 aromatic rings. The Hall–Kier alpha value is -2.36. The van der Waals surface area contributed by atoms with Crippen LogP contribution < -0.4 is 11.2 Å². The van der Waals surface area contributed by atoms with E-state index in [1.165, 1.54) is 4.57 Å². The van der Waals surface area contributed by atoms with E-state index in [-0.39, 0.29) is 30.1 Å². The fourth-order valence-electron chi connectivity index (χ4n) is 4.02. The summed E-state index contributed by atoms with van der Waals surface area (Å²) >= 11 is 0. The first-order chi connectivity index (χ1) is 11.5. The Labute approximate surface area is 140 Å². The summed E-state index contributed by atoms with van der Waals surface area (Å²) in [6.07, 6.45) is 4.23. The van der Waals surface area contributed by atoms with Gasteiger partial charge in [-0.1, -0.05) is 0 Å². The third-order valence-electron chi connectivity index (χ3n) is 5.22. The average Bonchev–Trinajstić information content (AvgIpc) is 3.01. The van der Waals surface area contributed by atoms with Crippen molar-refractivity contribution in [1.29, 1.82) is 5.26 Å². The summed E-state index contributed by atoms with van der Waals surface area (Å²) in [5.41, 5.74) is -0.603.